The Morgan fingerprint density at radius 1 is 1.20 bits per heavy atom. The topological polar surface area (TPSA) is 38.0 Å². The molecule has 0 bridgehead atoms. The van der Waals surface area contributed by atoms with Crippen molar-refractivity contribution in [1.29, 1.82) is 0 Å². The van der Waals surface area contributed by atoms with Crippen molar-refractivity contribution in [2.24, 2.45) is 11.7 Å². The first-order valence-electron chi connectivity index (χ1n) is 7.03. The molecular formula is C15H21F3N2. The molecule has 5 heteroatoms. The average molecular weight is 286 g/mol. The molecule has 3 N–H and O–H groups in total. The van der Waals surface area contributed by atoms with E-state index in [2.05, 4.69) is 5.32 Å². The summed E-state index contributed by atoms with van der Waals surface area (Å²) < 4.78 is 38.0. The summed E-state index contributed by atoms with van der Waals surface area (Å²) in [5, 5.41) is 3.24. The summed E-state index contributed by atoms with van der Waals surface area (Å²) in [6, 6.07) is 4.54. The molecule has 20 heavy (non-hydrogen) atoms. The number of halogens is 3. The molecule has 2 rings (SSSR count). The molecule has 0 aliphatic heterocycles. The third-order valence-corrected chi connectivity index (χ3v) is 4.02. The largest absolute Gasteiger partial charge is 0.416 e. The molecular weight excluding hydrogens is 265 g/mol. The highest BCUT2D eigenvalue weighted by molar-refractivity contribution is 5.49. The van der Waals surface area contributed by atoms with Crippen molar-refractivity contribution >= 4 is 5.69 Å². The minimum atomic E-state index is -4.28. The lowest BCUT2D eigenvalue weighted by Crippen LogP contribution is -2.29. The normalized spacial score (nSPS) is 23.6. The van der Waals surface area contributed by atoms with E-state index in [-0.39, 0.29) is 5.56 Å². The van der Waals surface area contributed by atoms with E-state index in [0.29, 0.717) is 12.0 Å². The van der Waals surface area contributed by atoms with Crippen molar-refractivity contribution < 1.29 is 13.2 Å². The smallest absolute Gasteiger partial charge is 0.385 e. The molecule has 1 aliphatic rings. The molecule has 1 aromatic carbocycles. The van der Waals surface area contributed by atoms with Crippen molar-refractivity contribution in [1.82, 2.24) is 0 Å². The zero-order valence-corrected chi connectivity index (χ0v) is 11.6. The highest BCUT2D eigenvalue weighted by atomic mass is 19.4. The van der Waals surface area contributed by atoms with E-state index in [1.54, 1.807) is 6.07 Å². The Morgan fingerprint density at radius 3 is 2.40 bits per heavy atom. The van der Waals surface area contributed by atoms with E-state index in [0.717, 1.165) is 44.0 Å². The van der Waals surface area contributed by atoms with Crippen LogP contribution in [-0.4, -0.2) is 12.6 Å². The molecule has 1 saturated carbocycles. The summed E-state index contributed by atoms with van der Waals surface area (Å²) in [7, 11) is 0. The zero-order chi connectivity index (χ0) is 14.8. The molecule has 0 spiro atoms. The molecule has 112 valence electrons. The van der Waals surface area contributed by atoms with Crippen LogP contribution in [0.25, 0.3) is 0 Å². The van der Waals surface area contributed by atoms with Gasteiger partial charge in [-0.25, -0.2) is 0 Å². The van der Waals surface area contributed by atoms with Crippen LogP contribution >= 0.6 is 0 Å². The number of benzene rings is 1. The van der Waals surface area contributed by atoms with Crippen LogP contribution in [-0.2, 0) is 6.18 Å². The van der Waals surface area contributed by atoms with Gasteiger partial charge in [0.2, 0.25) is 0 Å². The molecule has 1 aliphatic carbocycles. The highest BCUT2D eigenvalue weighted by Crippen LogP contribution is 2.33. The van der Waals surface area contributed by atoms with Crippen molar-refractivity contribution in [3.63, 3.8) is 0 Å². The maximum atomic E-state index is 12.7. The fourth-order valence-corrected chi connectivity index (χ4v) is 2.75. The number of rotatable bonds is 3. The molecule has 0 atom stereocenters. The molecule has 0 aromatic heterocycles. The fourth-order valence-electron chi connectivity index (χ4n) is 2.75. The Balaban J connectivity index is 1.92. The summed E-state index contributed by atoms with van der Waals surface area (Å²) >= 11 is 0. The van der Waals surface area contributed by atoms with Crippen molar-refractivity contribution in [3.8, 4) is 0 Å². The monoisotopic (exact) mass is 286 g/mol. The van der Waals surface area contributed by atoms with E-state index in [4.69, 9.17) is 5.73 Å². The van der Waals surface area contributed by atoms with Gasteiger partial charge in [0.25, 0.3) is 0 Å². The number of alkyl halides is 3. The molecule has 0 radical (unpaired) electrons. The third kappa shape index (κ3) is 3.88. The second-order valence-electron chi connectivity index (χ2n) is 5.69. The lowest BCUT2D eigenvalue weighted by molar-refractivity contribution is -0.138. The van der Waals surface area contributed by atoms with Gasteiger partial charge in [-0.3, -0.25) is 0 Å². The fraction of sp³-hybridized carbons (Fsp3) is 0.600. The Morgan fingerprint density at radius 2 is 1.85 bits per heavy atom. The second-order valence-corrected chi connectivity index (χ2v) is 5.69. The van der Waals surface area contributed by atoms with Gasteiger partial charge in [-0.05, 0) is 62.3 Å². The van der Waals surface area contributed by atoms with Gasteiger partial charge in [-0.15, -0.1) is 0 Å². The van der Waals surface area contributed by atoms with E-state index < -0.39 is 11.7 Å². The molecule has 0 amide bonds. The first-order chi connectivity index (χ1) is 9.36. The molecule has 1 fully saturated rings. The van der Waals surface area contributed by atoms with Crippen LogP contribution in [0.15, 0.2) is 18.2 Å². The highest BCUT2D eigenvalue weighted by Gasteiger charge is 2.32. The number of hydrogen-bond donors (Lipinski definition) is 2. The number of anilines is 1. The second kappa shape index (κ2) is 6.04. The van der Waals surface area contributed by atoms with Crippen molar-refractivity contribution in [2.75, 3.05) is 11.9 Å². The standard InChI is InChI=1S/C15H21F3N2/c1-10-8-13(6-7-14(10)15(16,17)18)20-9-11-2-4-12(19)5-3-11/h6-8,11-12,20H,2-5,9,19H2,1H3. The van der Waals surface area contributed by atoms with Crippen molar-refractivity contribution in [2.45, 2.75) is 44.8 Å². The van der Waals surface area contributed by atoms with Gasteiger partial charge in [0, 0.05) is 18.3 Å². The van der Waals surface area contributed by atoms with E-state index >= 15 is 0 Å². The molecule has 1 aromatic rings. The van der Waals surface area contributed by atoms with Gasteiger partial charge in [0.15, 0.2) is 0 Å². The van der Waals surface area contributed by atoms with Gasteiger partial charge < -0.3 is 11.1 Å². The minimum Gasteiger partial charge on any atom is -0.385 e. The Labute approximate surface area is 117 Å². The van der Waals surface area contributed by atoms with E-state index in [1.165, 1.54) is 13.0 Å². The predicted octanol–water partition coefficient (Wildman–Crippen LogP) is 3.94. The average Bonchev–Trinajstić information content (AvgIpc) is 2.36. The van der Waals surface area contributed by atoms with Crippen LogP contribution in [0, 0.1) is 12.8 Å². The van der Waals surface area contributed by atoms with Crippen LogP contribution in [0.2, 0.25) is 0 Å². The molecule has 0 saturated heterocycles. The van der Waals surface area contributed by atoms with E-state index in [9.17, 15) is 13.2 Å². The number of hydrogen-bond acceptors (Lipinski definition) is 2. The van der Waals surface area contributed by atoms with Crippen LogP contribution in [0.3, 0.4) is 0 Å². The van der Waals surface area contributed by atoms with Gasteiger partial charge in [0.05, 0.1) is 5.56 Å². The molecule has 0 unspecified atom stereocenters. The Hall–Kier alpha value is -1.23. The minimum absolute atomic E-state index is 0.258. The van der Waals surface area contributed by atoms with Crippen LogP contribution < -0.4 is 11.1 Å². The maximum absolute atomic E-state index is 12.7. The number of aryl methyl sites for hydroxylation is 1. The van der Waals surface area contributed by atoms with Gasteiger partial charge in [-0.1, -0.05) is 0 Å². The first kappa shape index (κ1) is 15.2. The number of nitrogens with two attached hydrogens (primary N) is 1. The summed E-state index contributed by atoms with van der Waals surface area (Å²) in [6.07, 6.45) is -0.0134. The zero-order valence-electron chi connectivity index (χ0n) is 11.6. The SMILES string of the molecule is Cc1cc(NCC2CCC(N)CC2)ccc1C(F)(F)F. The Kier molecular flexibility index (Phi) is 4.58. The van der Waals surface area contributed by atoms with Gasteiger partial charge in [0.1, 0.15) is 0 Å². The van der Waals surface area contributed by atoms with Crippen LogP contribution in [0.4, 0.5) is 18.9 Å². The van der Waals surface area contributed by atoms with Gasteiger partial charge >= 0.3 is 6.18 Å². The number of nitrogens with one attached hydrogen (secondary N) is 1. The Bertz CT molecular complexity index is 449. The van der Waals surface area contributed by atoms with Crippen LogP contribution in [0.1, 0.15) is 36.8 Å². The van der Waals surface area contributed by atoms with Crippen molar-refractivity contribution in [3.05, 3.63) is 29.3 Å². The summed E-state index contributed by atoms with van der Waals surface area (Å²) in [5.41, 5.74) is 6.30. The van der Waals surface area contributed by atoms with Gasteiger partial charge in [-0.2, -0.15) is 13.2 Å². The molecule has 2 nitrogen and oxygen atoms in total. The summed E-state index contributed by atoms with van der Waals surface area (Å²) in [4.78, 5) is 0. The quantitative estimate of drug-likeness (QED) is 0.883. The lowest BCUT2D eigenvalue weighted by atomic mass is 9.86. The third-order valence-electron chi connectivity index (χ3n) is 4.02. The predicted molar refractivity (Wildman–Crippen MR) is 74.6 cm³/mol. The molecule has 0 heterocycles. The summed E-state index contributed by atoms with van der Waals surface area (Å²) in [6.45, 7) is 2.30. The maximum Gasteiger partial charge on any atom is 0.416 e. The van der Waals surface area contributed by atoms with E-state index in [1.807, 2.05) is 0 Å². The first-order valence-corrected chi connectivity index (χ1v) is 7.03. The van der Waals surface area contributed by atoms with Crippen LogP contribution in [0.5, 0.6) is 0 Å². The lowest BCUT2D eigenvalue weighted by Gasteiger charge is -2.26. The summed E-state index contributed by atoms with van der Waals surface area (Å²) in [5.74, 6) is 0.567.